The molecule has 5 rings (SSSR count). The number of hydrogen-bond donors (Lipinski definition) is 7. The Morgan fingerprint density at radius 3 is 2.16 bits per heavy atom. The van der Waals surface area contributed by atoms with Crippen molar-refractivity contribution in [2.45, 2.75) is 17.7 Å². The third-order valence-electron chi connectivity index (χ3n) is 9.47. The number of nitrogens with two attached hydrogens (primary N) is 1. The van der Waals surface area contributed by atoms with E-state index < -0.39 is 18.4 Å². The molecule has 0 spiro atoms. The standard InChI is InChI=1S/C44H50N6O10S3/c45-63-36-11-7-30(8-12-36)47-41(55)26-50(27-42(56)57)17-16-49(25-35(54)28-61)24-34(53)2-1-18-58-20-21-59-19-15-46-44(62)48-31-5-3-29(4-6-31)43-37-13-9-32(51)22-39(37)60-40-23-33(52)10-14-38(40)43/h3-14,22-23,51,61H,1-2,15-21,24-28,45H2,(H,47,55)(H,56,57)(H2,46,48,62). The maximum absolute atomic E-state index is 12.9. The van der Waals surface area contributed by atoms with E-state index in [0.29, 0.717) is 61.5 Å². The molecule has 0 bridgehead atoms. The molecule has 0 radical (unpaired) electrons. The fraction of sp³-hybridized carbons (Fsp3) is 0.318. The summed E-state index contributed by atoms with van der Waals surface area (Å²) < 4.78 is 17.2. The molecule has 0 fully saturated rings. The number of carboxylic acid groups (broad SMARTS) is 1. The minimum absolute atomic E-state index is 0.0109. The van der Waals surface area contributed by atoms with E-state index in [1.165, 1.54) is 23.1 Å². The van der Waals surface area contributed by atoms with Crippen LogP contribution in [0.3, 0.4) is 0 Å². The van der Waals surface area contributed by atoms with Gasteiger partial charge >= 0.3 is 5.97 Å². The number of amides is 1. The van der Waals surface area contributed by atoms with Crippen molar-refractivity contribution in [3.63, 3.8) is 0 Å². The zero-order chi connectivity index (χ0) is 45.1. The quantitative estimate of drug-likeness (QED) is 0.0131. The van der Waals surface area contributed by atoms with Gasteiger partial charge in [0.2, 0.25) is 5.91 Å². The Morgan fingerprint density at radius 1 is 0.794 bits per heavy atom. The topological polar surface area (TPSA) is 226 Å². The van der Waals surface area contributed by atoms with Gasteiger partial charge < -0.3 is 40.1 Å². The number of fused-ring (bicyclic) bond motifs is 2. The number of hydrogen-bond acceptors (Lipinski definition) is 15. The molecular formula is C44H50N6O10S3. The minimum Gasteiger partial charge on any atom is -0.508 e. The van der Waals surface area contributed by atoms with E-state index in [1.807, 2.05) is 24.3 Å². The lowest BCUT2D eigenvalue weighted by Crippen LogP contribution is -2.44. The molecule has 0 saturated carbocycles. The summed E-state index contributed by atoms with van der Waals surface area (Å²) >= 11 is 10.6. The summed E-state index contributed by atoms with van der Waals surface area (Å²) in [5, 5.41) is 35.2. The molecule has 3 aromatic rings. The highest BCUT2D eigenvalue weighted by molar-refractivity contribution is 7.97. The van der Waals surface area contributed by atoms with E-state index >= 15 is 0 Å². The number of ketones is 2. The van der Waals surface area contributed by atoms with Crippen LogP contribution >= 0.6 is 36.8 Å². The summed E-state index contributed by atoms with van der Waals surface area (Å²) in [5.41, 5.74) is 4.12. The van der Waals surface area contributed by atoms with Crippen molar-refractivity contribution in [3.05, 3.63) is 95.2 Å². The van der Waals surface area contributed by atoms with Gasteiger partial charge in [-0.3, -0.25) is 38.9 Å². The molecule has 1 heterocycles. The molecule has 0 atom stereocenters. The SMILES string of the molecule is NSc1ccc(NC(=O)CN(CCN(CC(=O)CS)CC(=O)CCCOCCOCCNC(=S)Nc2ccc(-c3c4ccc(=O)cc-4oc4cc(O)ccc34)cc2)CC(=O)O)cc1. The van der Waals surface area contributed by atoms with E-state index in [4.69, 9.17) is 31.2 Å². The van der Waals surface area contributed by atoms with E-state index in [-0.39, 0.29) is 67.6 Å². The molecule has 0 saturated heterocycles. The van der Waals surface area contributed by atoms with Crippen LogP contribution in [0.1, 0.15) is 12.8 Å². The Kier molecular flexibility index (Phi) is 19.3. The Morgan fingerprint density at radius 2 is 1.46 bits per heavy atom. The van der Waals surface area contributed by atoms with Crippen LogP contribution < -0.4 is 26.5 Å². The Balaban J connectivity index is 0.961. The Labute approximate surface area is 379 Å². The highest BCUT2D eigenvalue weighted by Crippen LogP contribution is 2.40. The Bertz CT molecular complexity index is 2360. The number of Topliss-reactive ketones (excluding diaryl/α,β-unsaturated/α-hetero) is 2. The highest BCUT2D eigenvalue weighted by atomic mass is 32.2. The molecule has 1 aliphatic carbocycles. The van der Waals surface area contributed by atoms with Crippen molar-refractivity contribution >= 4 is 87.7 Å². The highest BCUT2D eigenvalue weighted by Gasteiger charge is 2.20. The third-order valence-corrected chi connectivity index (χ3v) is 10.6. The number of benzene rings is 4. The van der Waals surface area contributed by atoms with Crippen LogP contribution in [0, 0.1) is 0 Å². The average molecular weight is 919 g/mol. The van der Waals surface area contributed by atoms with Crippen LogP contribution in [0.5, 0.6) is 5.75 Å². The number of rotatable bonds is 26. The first-order chi connectivity index (χ1) is 30.4. The molecule has 1 aliphatic heterocycles. The van der Waals surface area contributed by atoms with Gasteiger partial charge in [0.15, 0.2) is 16.3 Å². The van der Waals surface area contributed by atoms with Crippen LogP contribution in [-0.4, -0.2) is 127 Å². The lowest BCUT2D eigenvalue weighted by molar-refractivity contribution is -0.139. The number of thiol groups is 1. The normalized spacial score (nSPS) is 11.3. The molecule has 1 amide bonds. The maximum atomic E-state index is 12.9. The van der Waals surface area contributed by atoms with Gasteiger partial charge in [-0.2, -0.15) is 12.6 Å². The number of phenolic OH excluding ortho intramolecular Hbond substituents is 1. The molecule has 0 unspecified atom stereocenters. The number of aromatic hydroxyl groups is 1. The molecule has 3 aromatic carbocycles. The van der Waals surface area contributed by atoms with Gasteiger partial charge in [0.1, 0.15) is 22.9 Å². The molecule has 2 aliphatic rings. The van der Waals surface area contributed by atoms with Crippen molar-refractivity contribution in [2.24, 2.45) is 5.14 Å². The van der Waals surface area contributed by atoms with Crippen LogP contribution in [0.2, 0.25) is 0 Å². The number of aliphatic carboxylic acids is 1. The van der Waals surface area contributed by atoms with Crippen LogP contribution in [0.4, 0.5) is 11.4 Å². The number of nitrogens with zero attached hydrogens (tertiary/aromatic N) is 2. The number of thiocarbonyl (C=S) groups is 1. The molecule has 16 nitrogen and oxygen atoms in total. The molecule has 63 heavy (non-hydrogen) atoms. The van der Waals surface area contributed by atoms with Crippen molar-refractivity contribution in [2.75, 3.05) is 88.6 Å². The first kappa shape index (κ1) is 48.6. The number of phenols is 1. The number of nitrogens with one attached hydrogen (secondary N) is 3. The zero-order valence-electron chi connectivity index (χ0n) is 34.4. The van der Waals surface area contributed by atoms with E-state index in [1.54, 1.807) is 47.4 Å². The second-order valence-electron chi connectivity index (χ2n) is 14.3. The number of ether oxygens (including phenoxy) is 2. The van der Waals surface area contributed by atoms with Crippen molar-refractivity contribution in [3.8, 4) is 28.2 Å². The van der Waals surface area contributed by atoms with Crippen LogP contribution in [0.15, 0.2) is 99.0 Å². The van der Waals surface area contributed by atoms with E-state index in [2.05, 4.69) is 28.6 Å². The summed E-state index contributed by atoms with van der Waals surface area (Å²) in [6.45, 7) is 1.50. The van der Waals surface area contributed by atoms with Crippen molar-refractivity contribution in [1.82, 2.24) is 15.1 Å². The maximum Gasteiger partial charge on any atom is 0.317 e. The van der Waals surface area contributed by atoms with Gasteiger partial charge in [-0.15, -0.1) is 0 Å². The fourth-order valence-electron chi connectivity index (χ4n) is 6.55. The third kappa shape index (κ3) is 16.0. The van der Waals surface area contributed by atoms with Gasteiger partial charge in [0.05, 0.1) is 51.8 Å². The van der Waals surface area contributed by atoms with Crippen molar-refractivity contribution < 1.29 is 43.3 Å². The van der Waals surface area contributed by atoms with Crippen molar-refractivity contribution in [1.29, 1.82) is 0 Å². The van der Waals surface area contributed by atoms with E-state index in [9.17, 15) is 34.2 Å². The second kappa shape index (κ2) is 25.1. The molecule has 334 valence electrons. The molecule has 19 heteroatoms. The minimum atomic E-state index is -1.11. The van der Waals surface area contributed by atoms with E-state index in [0.717, 1.165) is 44.6 Å². The van der Waals surface area contributed by atoms with Gasteiger partial charge in [0, 0.05) is 77.6 Å². The monoisotopic (exact) mass is 918 g/mol. The predicted molar refractivity (Wildman–Crippen MR) is 251 cm³/mol. The predicted octanol–water partition coefficient (Wildman–Crippen LogP) is 4.73. The van der Waals surface area contributed by atoms with Gasteiger partial charge in [0.25, 0.3) is 0 Å². The summed E-state index contributed by atoms with van der Waals surface area (Å²) in [6.07, 6.45) is 0.685. The summed E-state index contributed by atoms with van der Waals surface area (Å²) in [7, 11) is 0. The smallest absolute Gasteiger partial charge is 0.317 e. The number of anilines is 2. The van der Waals surface area contributed by atoms with Crippen LogP contribution in [-0.2, 0) is 28.7 Å². The fourth-order valence-corrected chi connectivity index (χ4v) is 7.16. The zero-order valence-corrected chi connectivity index (χ0v) is 36.9. The lowest BCUT2D eigenvalue weighted by Gasteiger charge is -2.25. The van der Waals surface area contributed by atoms with Gasteiger partial charge in [-0.1, -0.05) is 12.1 Å². The summed E-state index contributed by atoms with van der Waals surface area (Å²) in [4.78, 5) is 65.3. The Hall–Kier alpha value is -5.38. The first-order valence-electron chi connectivity index (χ1n) is 20.0. The molecule has 0 aromatic heterocycles. The van der Waals surface area contributed by atoms with Gasteiger partial charge in [-0.05, 0) is 96.8 Å². The first-order valence-corrected chi connectivity index (χ1v) is 21.9. The van der Waals surface area contributed by atoms with Gasteiger partial charge in [-0.25, -0.2) is 0 Å². The number of carbonyl (C=O) groups excluding carboxylic acids is 3. The second-order valence-corrected chi connectivity index (χ2v) is 15.8. The summed E-state index contributed by atoms with van der Waals surface area (Å²) in [5.74, 6) is -1.34. The lowest BCUT2D eigenvalue weighted by atomic mass is 9.93. The molecular weight excluding hydrogens is 869 g/mol. The largest absolute Gasteiger partial charge is 0.508 e. The summed E-state index contributed by atoms with van der Waals surface area (Å²) in [6, 6.07) is 24.1. The average Bonchev–Trinajstić information content (AvgIpc) is 3.25. The van der Waals surface area contributed by atoms with Crippen LogP contribution in [0.25, 0.3) is 33.4 Å². The molecule has 7 N–H and O–H groups in total. The number of carboxylic acids is 1. The number of carbonyl (C=O) groups is 4.